The summed E-state index contributed by atoms with van der Waals surface area (Å²) in [7, 11) is 1.67. The largest absolute Gasteiger partial charge is 0.352 e. The minimum absolute atomic E-state index is 0.0112. The molecule has 0 atom stereocenters. The number of amides is 2. The first-order valence-corrected chi connectivity index (χ1v) is 6.25. The van der Waals surface area contributed by atoms with Crippen molar-refractivity contribution in [3.8, 4) is 0 Å². The maximum Gasteiger partial charge on any atom is 0.239 e. The van der Waals surface area contributed by atoms with Gasteiger partial charge in [0.15, 0.2) is 0 Å². The van der Waals surface area contributed by atoms with Crippen LogP contribution in [-0.2, 0) is 9.59 Å². The standard InChI is InChI=1S/C12H23N3O2/c1-9(2)14-11(16)8-15(3)12(17)6-7-13-10-4-5-10/h9-10,13H,4-8H2,1-3H3,(H,14,16). The molecule has 2 amide bonds. The summed E-state index contributed by atoms with van der Waals surface area (Å²) >= 11 is 0. The molecule has 1 rings (SSSR count). The first-order valence-electron chi connectivity index (χ1n) is 6.25. The third-order valence-corrected chi connectivity index (χ3v) is 2.61. The van der Waals surface area contributed by atoms with Gasteiger partial charge in [0.25, 0.3) is 0 Å². The average Bonchev–Trinajstić information content (AvgIpc) is 2.99. The van der Waals surface area contributed by atoms with Crippen molar-refractivity contribution in [1.82, 2.24) is 15.5 Å². The van der Waals surface area contributed by atoms with Crippen molar-refractivity contribution >= 4 is 11.8 Å². The van der Waals surface area contributed by atoms with Crippen LogP contribution in [0.1, 0.15) is 33.1 Å². The zero-order chi connectivity index (χ0) is 12.8. The highest BCUT2D eigenvalue weighted by atomic mass is 16.2. The molecule has 1 saturated carbocycles. The fraction of sp³-hybridized carbons (Fsp3) is 0.833. The van der Waals surface area contributed by atoms with Crippen LogP contribution in [0.2, 0.25) is 0 Å². The number of nitrogens with zero attached hydrogens (tertiary/aromatic N) is 1. The highest BCUT2D eigenvalue weighted by molar-refractivity contribution is 5.84. The van der Waals surface area contributed by atoms with E-state index < -0.39 is 0 Å². The Kier molecular flexibility index (Phi) is 5.41. The Bertz CT molecular complexity index is 275. The number of carbonyl (C=O) groups is 2. The van der Waals surface area contributed by atoms with Crippen molar-refractivity contribution < 1.29 is 9.59 Å². The summed E-state index contributed by atoms with van der Waals surface area (Å²) in [6.45, 7) is 4.65. The Morgan fingerprint density at radius 1 is 1.35 bits per heavy atom. The van der Waals surface area contributed by atoms with Gasteiger partial charge in [-0.05, 0) is 26.7 Å². The van der Waals surface area contributed by atoms with Crippen LogP contribution >= 0.6 is 0 Å². The molecule has 0 aromatic carbocycles. The second kappa shape index (κ2) is 6.59. The number of rotatable bonds is 7. The third kappa shape index (κ3) is 6.26. The quantitative estimate of drug-likeness (QED) is 0.665. The van der Waals surface area contributed by atoms with E-state index in [2.05, 4.69) is 10.6 Å². The van der Waals surface area contributed by atoms with Crippen molar-refractivity contribution in [3.05, 3.63) is 0 Å². The second-order valence-electron chi connectivity index (χ2n) is 4.95. The first-order chi connectivity index (χ1) is 7.99. The van der Waals surface area contributed by atoms with Crippen molar-refractivity contribution in [2.45, 2.75) is 45.2 Å². The molecule has 0 spiro atoms. The molecule has 0 unspecified atom stereocenters. The van der Waals surface area contributed by atoms with Crippen LogP contribution in [0.4, 0.5) is 0 Å². The highest BCUT2D eigenvalue weighted by Crippen LogP contribution is 2.18. The van der Waals surface area contributed by atoms with E-state index in [4.69, 9.17) is 0 Å². The summed E-state index contributed by atoms with van der Waals surface area (Å²) in [6, 6.07) is 0.736. The number of hydrogen-bond donors (Lipinski definition) is 2. The van der Waals surface area contributed by atoms with Gasteiger partial charge in [0.05, 0.1) is 6.54 Å². The SMILES string of the molecule is CC(C)NC(=O)CN(C)C(=O)CCNC1CC1. The minimum atomic E-state index is -0.106. The number of nitrogens with one attached hydrogen (secondary N) is 2. The van der Waals surface area contributed by atoms with Gasteiger partial charge in [-0.15, -0.1) is 0 Å². The summed E-state index contributed by atoms with van der Waals surface area (Å²) in [5.74, 6) is -0.0944. The van der Waals surface area contributed by atoms with E-state index in [0.29, 0.717) is 19.0 Å². The Labute approximate surface area is 103 Å². The van der Waals surface area contributed by atoms with E-state index in [1.165, 1.54) is 17.7 Å². The molecule has 0 heterocycles. The zero-order valence-electron chi connectivity index (χ0n) is 11.0. The van der Waals surface area contributed by atoms with Crippen LogP contribution in [0, 0.1) is 0 Å². The molecule has 0 aliphatic heterocycles. The molecule has 5 nitrogen and oxygen atoms in total. The lowest BCUT2D eigenvalue weighted by atomic mass is 10.3. The smallest absolute Gasteiger partial charge is 0.239 e. The summed E-state index contributed by atoms with van der Waals surface area (Å²) in [4.78, 5) is 24.6. The van der Waals surface area contributed by atoms with Gasteiger partial charge in [0, 0.05) is 32.1 Å². The molecular formula is C12H23N3O2. The predicted molar refractivity (Wildman–Crippen MR) is 66.6 cm³/mol. The number of carbonyl (C=O) groups excluding carboxylic acids is 2. The molecule has 2 N–H and O–H groups in total. The van der Waals surface area contributed by atoms with E-state index >= 15 is 0 Å². The molecule has 1 aliphatic carbocycles. The van der Waals surface area contributed by atoms with Crippen LogP contribution in [0.15, 0.2) is 0 Å². The Balaban J connectivity index is 2.13. The van der Waals surface area contributed by atoms with Crippen LogP contribution in [0.3, 0.4) is 0 Å². The van der Waals surface area contributed by atoms with E-state index in [1.54, 1.807) is 7.05 Å². The van der Waals surface area contributed by atoms with E-state index in [0.717, 1.165) is 0 Å². The fourth-order valence-electron chi connectivity index (χ4n) is 1.53. The molecule has 1 fully saturated rings. The second-order valence-corrected chi connectivity index (χ2v) is 4.95. The van der Waals surface area contributed by atoms with Crippen molar-refractivity contribution in [2.75, 3.05) is 20.1 Å². The molecular weight excluding hydrogens is 218 g/mol. The van der Waals surface area contributed by atoms with Gasteiger partial charge >= 0.3 is 0 Å². The zero-order valence-corrected chi connectivity index (χ0v) is 11.0. The molecule has 98 valence electrons. The van der Waals surface area contributed by atoms with Gasteiger partial charge in [-0.2, -0.15) is 0 Å². The van der Waals surface area contributed by atoms with Gasteiger partial charge < -0.3 is 15.5 Å². The Hall–Kier alpha value is -1.10. The fourth-order valence-corrected chi connectivity index (χ4v) is 1.53. The van der Waals surface area contributed by atoms with Gasteiger partial charge in [0.2, 0.25) is 11.8 Å². The van der Waals surface area contributed by atoms with Crippen LogP contribution in [-0.4, -0.2) is 48.9 Å². The first kappa shape index (κ1) is 14.0. The van der Waals surface area contributed by atoms with Gasteiger partial charge in [0.1, 0.15) is 0 Å². The maximum absolute atomic E-state index is 11.7. The van der Waals surface area contributed by atoms with Crippen LogP contribution in [0.25, 0.3) is 0 Å². The van der Waals surface area contributed by atoms with Crippen molar-refractivity contribution in [1.29, 1.82) is 0 Å². The summed E-state index contributed by atoms with van der Waals surface area (Å²) in [6.07, 6.45) is 2.91. The predicted octanol–water partition coefficient (Wildman–Crippen LogP) is 0.112. The number of hydrogen-bond acceptors (Lipinski definition) is 3. The molecule has 5 heteroatoms. The third-order valence-electron chi connectivity index (χ3n) is 2.61. The minimum Gasteiger partial charge on any atom is -0.352 e. The molecule has 17 heavy (non-hydrogen) atoms. The number of likely N-dealkylation sites (N-methyl/N-ethyl adjacent to an activating group) is 1. The molecule has 0 saturated heterocycles. The molecule has 0 bridgehead atoms. The Morgan fingerprint density at radius 3 is 2.53 bits per heavy atom. The topological polar surface area (TPSA) is 61.4 Å². The van der Waals surface area contributed by atoms with Crippen molar-refractivity contribution in [2.24, 2.45) is 0 Å². The average molecular weight is 241 g/mol. The normalized spacial score (nSPS) is 14.8. The summed E-state index contributed by atoms with van der Waals surface area (Å²) in [5.41, 5.74) is 0. The van der Waals surface area contributed by atoms with Crippen LogP contribution < -0.4 is 10.6 Å². The summed E-state index contributed by atoms with van der Waals surface area (Å²) in [5, 5.41) is 6.04. The van der Waals surface area contributed by atoms with E-state index in [9.17, 15) is 9.59 Å². The van der Waals surface area contributed by atoms with E-state index in [-0.39, 0.29) is 24.4 Å². The lowest BCUT2D eigenvalue weighted by Gasteiger charge is -2.18. The highest BCUT2D eigenvalue weighted by Gasteiger charge is 2.20. The van der Waals surface area contributed by atoms with Crippen LogP contribution in [0.5, 0.6) is 0 Å². The maximum atomic E-state index is 11.7. The van der Waals surface area contributed by atoms with Gasteiger partial charge in [-0.1, -0.05) is 0 Å². The molecule has 0 aromatic heterocycles. The van der Waals surface area contributed by atoms with Gasteiger partial charge in [-0.25, -0.2) is 0 Å². The lowest BCUT2D eigenvalue weighted by Crippen LogP contribution is -2.41. The molecule has 1 aliphatic rings. The van der Waals surface area contributed by atoms with E-state index in [1.807, 2.05) is 13.8 Å². The lowest BCUT2D eigenvalue weighted by molar-refractivity contribution is -0.134. The van der Waals surface area contributed by atoms with Crippen molar-refractivity contribution in [3.63, 3.8) is 0 Å². The summed E-state index contributed by atoms with van der Waals surface area (Å²) < 4.78 is 0. The van der Waals surface area contributed by atoms with Gasteiger partial charge in [-0.3, -0.25) is 9.59 Å². The molecule has 0 aromatic rings. The Morgan fingerprint density at radius 2 is 2.00 bits per heavy atom. The molecule has 0 radical (unpaired) electrons. The monoisotopic (exact) mass is 241 g/mol.